The van der Waals surface area contributed by atoms with Crippen molar-refractivity contribution in [3.8, 4) is 0 Å². The van der Waals surface area contributed by atoms with Gasteiger partial charge in [0, 0.05) is 21.1 Å². The highest BCUT2D eigenvalue weighted by Gasteiger charge is 1.96. The standard InChI is InChI=1S/C13H24O4/c1-12(14)17-11-9-7-5-4-6-8-10-13(15-2)16-3/h8,10,13H,4-7,9,11H2,1-3H3/b10-8+. The summed E-state index contributed by atoms with van der Waals surface area (Å²) in [6.45, 7) is 1.98. The van der Waals surface area contributed by atoms with Crippen molar-refractivity contribution in [2.45, 2.75) is 45.3 Å². The summed E-state index contributed by atoms with van der Waals surface area (Å²) in [4.78, 5) is 10.5. The molecule has 0 spiro atoms. The molecule has 100 valence electrons. The molecule has 0 saturated carbocycles. The van der Waals surface area contributed by atoms with Crippen molar-refractivity contribution in [1.82, 2.24) is 0 Å². The van der Waals surface area contributed by atoms with E-state index in [0.717, 1.165) is 32.1 Å². The van der Waals surface area contributed by atoms with Crippen molar-refractivity contribution in [1.29, 1.82) is 0 Å². The summed E-state index contributed by atoms with van der Waals surface area (Å²) in [6, 6.07) is 0. The summed E-state index contributed by atoms with van der Waals surface area (Å²) in [7, 11) is 3.24. The number of carbonyl (C=O) groups excluding carboxylic acids is 1. The Morgan fingerprint density at radius 1 is 1.12 bits per heavy atom. The van der Waals surface area contributed by atoms with Gasteiger partial charge in [-0.3, -0.25) is 4.79 Å². The highest BCUT2D eigenvalue weighted by molar-refractivity contribution is 5.65. The van der Waals surface area contributed by atoms with E-state index in [4.69, 9.17) is 14.2 Å². The van der Waals surface area contributed by atoms with E-state index < -0.39 is 0 Å². The van der Waals surface area contributed by atoms with Crippen LogP contribution < -0.4 is 0 Å². The van der Waals surface area contributed by atoms with E-state index in [1.807, 2.05) is 6.08 Å². The van der Waals surface area contributed by atoms with Crippen molar-refractivity contribution in [2.75, 3.05) is 20.8 Å². The maximum atomic E-state index is 10.5. The van der Waals surface area contributed by atoms with Gasteiger partial charge in [0.05, 0.1) is 6.61 Å². The van der Waals surface area contributed by atoms with Crippen LogP contribution in [0.4, 0.5) is 0 Å². The third-order valence-corrected chi connectivity index (χ3v) is 2.33. The molecule has 0 aromatic carbocycles. The summed E-state index contributed by atoms with van der Waals surface area (Å²) < 4.78 is 14.9. The fourth-order valence-corrected chi connectivity index (χ4v) is 1.39. The number of hydrogen-bond donors (Lipinski definition) is 0. The molecule has 0 N–H and O–H groups in total. The van der Waals surface area contributed by atoms with Gasteiger partial charge < -0.3 is 14.2 Å². The number of methoxy groups -OCH3 is 2. The molecule has 0 heterocycles. The largest absolute Gasteiger partial charge is 0.466 e. The SMILES string of the molecule is COC(/C=C/CCCCCCOC(C)=O)OC. The molecule has 17 heavy (non-hydrogen) atoms. The van der Waals surface area contributed by atoms with Crippen molar-refractivity contribution in [3.05, 3.63) is 12.2 Å². The molecule has 0 unspecified atom stereocenters. The predicted octanol–water partition coefficient (Wildman–Crippen LogP) is 2.68. The second-order valence-corrected chi connectivity index (χ2v) is 3.81. The van der Waals surface area contributed by atoms with Crippen LogP contribution in [-0.4, -0.2) is 33.1 Å². The number of hydrogen-bond acceptors (Lipinski definition) is 4. The zero-order valence-corrected chi connectivity index (χ0v) is 11.1. The van der Waals surface area contributed by atoms with Crippen LogP contribution in [0.15, 0.2) is 12.2 Å². The molecule has 0 aliphatic rings. The molecule has 0 amide bonds. The van der Waals surface area contributed by atoms with Crippen molar-refractivity contribution in [2.24, 2.45) is 0 Å². The van der Waals surface area contributed by atoms with Crippen LogP contribution in [0.3, 0.4) is 0 Å². The van der Waals surface area contributed by atoms with Gasteiger partial charge in [0.15, 0.2) is 6.29 Å². The minimum absolute atomic E-state index is 0.196. The van der Waals surface area contributed by atoms with E-state index in [9.17, 15) is 4.79 Å². The summed E-state index contributed by atoms with van der Waals surface area (Å²) >= 11 is 0. The molecule has 0 atom stereocenters. The molecule has 4 nitrogen and oxygen atoms in total. The average Bonchev–Trinajstić information content (AvgIpc) is 2.31. The van der Waals surface area contributed by atoms with E-state index in [-0.39, 0.29) is 12.3 Å². The first kappa shape index (κ1) is 16.1. The quantitative estimate of drug-likeness (QED) is 0.256. The van der Waals surface area contributed by atoms with Gasteiger partial charge >= 0.3 is 5.97 Å². The van der Waals surface area contributed by atoms with E-state index in [1.54, 1.807) is 14.2 Å². The maximum Gasteiger partial charge on any atom is 0.302 e. The molecule has 0 rings (SSSR count). The average molecular weight is 244 g/mol. The highest BCUT2D eigenvalue weighted by Crippen LogP contribution is 2.05. The van der Waals surface area contributed by atoms with Gasteiger partial charge in [-0.15, -0.1) is 0 Å². The van der Waals surface area contributed by atoms with Crippen LogP contribution in [-0.2, 0) is 19.0 Å². The predicted molar refractivity (Wildman–Crippen MR) is 66.7 cm³/mol. The van der Waals surface area contributed by atoms with Gasteiger partial charge in [-0.2, -0.15) is 0 Å². The van der Waals surface area contributed by atoms with Crippen molar-refractivity contribution >= 4 is 5.97 Å². The van der Waals surface area contributed by atoms with Gasteiger partial charge in [0.1, 0.15) is 0 Å². The van der Waals surface area contributed by atoms with Crippen LogP contribution in [0.25, 0.3) is 0 Å². The molecule has 0 bridgehead atoms. The summed E-state index contributed by atoms with van der Waals surface area (Å²) in [5.74, 6) is -0.196. The zero-order chi connectivity index (χ0) is 12.9. The van der Waals surface area contributed by atoms with Crippen molar-refractivity contribution < 1.29 is 19.0 Å². The third kappa shape index (κ3) is 11.4. The number of unbranched alkanes of at least 4 members (excludes halogenated alkanes) is 4. The van der Waals surface area contributed by atoms with Crippen LogP contribution in [0.1, 0.15) is 39.0 Å². The molecule has 4 heteroatoms. The Balaban J connectivity index is 3.25. The first-order valence-corrected chi connectivity index (χ1v) is 6.06. The number of rotatable bonds is 10. The lowest BCUT2D eigenvalue weighted by Gasteiger charge is -2.07. The topological polar surface area (TPSA) is 44.8 Å². The summed E-state index contributed by atoms with van der Waals surface area (Å²) in [5.41, 5.74) is 0. The molecule has 0 aliphatic carbocycles. The van der Waals surface area contributed by atoms with E-state index in [0.29, 0.717) is 6.61 Å². The maximum absolute atomic E-state index is 10.5. The normalized spacial score (nSPS) is 11.3. The smallest absolute Gasteiger partial charge is 0.302 e. The Morgan fingerprint density at radius 3 is 2.35 bits per heavy atom. The number of esters is 1. The number of allylic oxidation sites excluding steroid dienone is 1. The van der Waals surface area contributed by atoms with Crippen LogP contribution in [0.5, 0.6) is 0 Å². The first-order valence-electron chi connectivity index (χ1n) is 6.06. The van der Waals surface area contributed by atoms with Gasteiger partial charge in [0.25, 0.3) is 0 Å². The Kier molecular flexibility index (Phi) is 11.0. The number of ether oxygens (including phenoxy) is 3. The minimum atomic E-state index is -0.237. The first-order chi connectivity index (χ1) is 8.20. The van der Waals surface area contributed by atoms with Gasteiger partial charge in [-0.25, -0.2) is 0 Å². The molecule has 0 aromatic heterocycles. The molecule has 0 aliphatic heterocycles. The van der Waals surface area contributed by atoms with E-state index in [2.05, 4.69) is 6.08 Å². The second-order valence-electron chi connectivity index (χ2n) is 3.81. The molecule has 0 aromatic rings. The summed E-state index contributed by atoms with van der Waals surface area (Å²) in [5, 5.41) is 0. The lowest BCUT2D eigenvalue weighted by molar-refractivity contribution is -0.141. The highest BCUT2D eigenvalue weighted by atomic mass is 16.7. The van der Waals surface area contributed by atoms with Gasteiger partial charge in [-0.05, 0) is 25.3 Å². The third-order valence-electron chi connectivity index (χ3n) is 2.33. The fraction of sp³-hybridized carbons (Fsp3) is 0.769. The monoisotopic (exact) mass is 244 g/mol. The molecule has 0 saturated heterocycles. The minimum Gasteiger partial charge on any atom is -0.466 e. The lowest BCUT2D eigenvalue weighted by Crippen LogP contribution is -2.08. The second kappa shape index (κ2) is 11.6. The molecule has 0 radical (unpaired) electrons. The zero-order valence-electron chi connectivity index (χ0n) is 11.1. The fourth-order valence-electron chi connectivity index (χ4n) is 1.39. The Labute approximate surface area is 104 Å². The van der Waals surface area contributed by atoms with E-state index >= 15 is 0 Å². The lowest BCUT2D eigenvalue weighted by atomic mass is 10.1. The molecular formula is C13H24O4. The van der Waals surface area contributed by atoms with Crippen LogP contribution in [0, 0.1) is 0 Å². The Hall–Kier alpha value is -0.870. The van der Waals surface area contributed by atoms with Crippen molar-refractivity contribution in [3.63, 3.8) is 0 Å². The van der Waals surface area contributed by atoms with E-state index in [1.165, 1.54) is 6.92 Å². The van der Waals surface area contributed by atoms with Gasteiger partial charge in [0.2, 0.25) is 0 Å². The summed E-state index contributed by atoms with van der Waals surface area (Å²) in [6.07, 6.45) is 9.10. The van der Waals surface area contributed by atoms with Gasteiger partial charge in [-0.1, -0.05) is 18.9 Å². The number of carbonyl (C=O) groups is 1. The molecular weight excluding hydrogens is 220 g/mol. The van der Waals surface area contributed by atoms with Crippen LogP contribution in [0.2, 0.25) is 0 Å². The molecule has 0 fully saturated rings. The Bertz CT molecular complexity index is 209. The van der Waals surface area contributed by atoms with Crippen LogP contribution >= 0.6 is 0 Å². The Morgan fingerprint density at radius 2 is 1.76 bits per heavy atom.